The molecule has 3 rings (SSSR count). The van der Waals surface area contributed by atoms with Crippen LogP contribution in [0.1, 0.15) is 39.4 Å². The smallest absolute Gasteiger partial charge is 0.343 e. The van der Waals surface area contributed by atoms with Crippen LogP contribution in [0.4, 0.5) is 0 Å². The number of carbonyl (C=O) groups excluding carboxylic acids is 2. The number of amides is 1. The molecule has 2 aromatic carbocycles. The Morgan fingerprint density at radius 3 is 2.41 bits per heavy atom. The van der Waals surface area contributed by atoms with Crippen LogP contribution >= 0.6 is 0 Å². The molecule has 32 heavy (non-hydrogen) atoms. The van der Waals surface area contributed by atoms with Gasteiger partial charge in [0.15, 0.2) is 0 Å². The van der Waals surface area contributed by atoms with Gasteiger partial charge in [-0.2, -0.15) is 0 Å². The van der Waals surface area contributed by atoms with Gasteiger partial charge >= 0.3 is 5.97 Å². The van der Waals surface area contributed by atoms with Crippen molar-refractivity contribution in [2.24, 2.45) is 5.73 Å². The van der Waals surface area contributed by atoms with Gasteiger partial charge < -0.3 is 25.3 Å². The molecule has 4 N–H and O–H groups in total. The lowest BCUT2D eigenvalue weighted by molar-refractivity contribution is -0.118. The number of ether oxygens (including phenoxy) is 2. The number of rotatable bonds is 9. The van der Waals surface area contributed by atoms with Gasteiger partial charge in [-0.05, 0) is 23.3 Å². The molecule has 0 aliphatic heterocycles. The van der Waals surface area contributed by atoms with Gasteiger partial charge in [-0.15, -0.1) is 0 Å². The molecule has 1 atom stereocenters. The molecule has 0 saturated heterocycles. The third-order valence-electron chi connectivity index (χ3n) is 5.05. The van der Waals surface area contributed by atoms with Crippen LogP contribution in [0.3, 0.4) is 0 Å². The Kier molecular flexibility index (Phi) is 7.28. The highest BCUT2D eigenvalue weighted by molar-refractivity contribution is 5.92. The number of carbonyl (C=O) groups is 2. The van der Waals surface area contributed by atoms with Crippen molar-refractivity contribution in [2.45, 2.75) is 18.8 Å². The highest BCUT2D eigenvalue weighted by atomic mass is 16.5. The highest BCUT2D eigenvalue weighted by Gasteiger charge is 2.27. The number of benzene rings is 2. The highest BCUT2D eigenvalue weighted by Crippen LogP contribution is 2.34. The quantitative estimate of drug-likeness (QED) is 0.442. The first-order chi connectivity index (χ1) is 15.4. The maximum absolute atomic E-state index is 12.5. The van der Waals surface area contributed by atoms with Crippen LogP contribution in [0.5, 0.6) is 11.5 Å². The summed E-state index contributed by atoms with van der Waals surface area (Å²) in [6.45, 7) is 0.482. The van der Waals surface area contributed by atoms with Crippen LogP contribution < -0.4 is 16.0 Å². The standard InChI is InChI=1S/C24H24N2O6/c1-31-24(30)19-14-26-23(29)21(22(19)28)18(13-20(25)27)16-7-9-17(10-8-16)32-12-11-15-5-3-2-4-6-15/h2-10,14,18H,11-13H2,1H3,(H2,25,27)(H2,26,28,29)/t18-/m0/s1. The van der Waals surface area contributed by atoms with Crippen molar-refractivity contribution >= 4 is 11.9 Å². The molecule has 0 aliphatic carbocycles. The van der Waals surface area contributed by atoms with E-state index in [0.29, 0.717) is 17.9 Å². The fourth-order valence-electron chi connectivity index (χ4n) is 3.44. The molecular weight excluding hydrogens is 412 g/mol. The van der Waals surface area contributed by atoms with Gasteiger partial charge in [-0.3, -0.25) is 9.59 Å². The van der Waals surface area contributed by atoms with Crippen molar-refractivity contribution in [1.29, 1.82) is 0 Å². The minimum absolute atomic E-state index is 0.135. The minimum Gasteiger partial charge on any atom is -0.506 e. The molecule has 8 nitrogen and oxygen atoms in total. The Hall–Kier alpha value is -4.07. The third-order valence-corrected chi connectivity index (χ3v) is 5.05. The summed E-state index contributed by atoms with van der Waals surface area (Å²) in [5.41, 5.74) is 6.13. The van der Waals surface area contributed by atoms with Gasteiger partial charge in [0.2, 0.25) is 5.91 Å². The largest absolute Gasteiger partial charge is 0.506 e. The number of aromatic nitrogens is 1. The molecule has 0 aliphatic rings. The number of nitrogens with one attached hydrogen (secondary N) is 1. The summed E-state index contributed by atoms with van der Waals surface area (Å²) in [7, 11) is 1.16. The van der Waals surface area contributed by atoms with E-state index in [0.717, 1.165) is 25.3 Å². The van der Waals surface area contributed by atoms with Crippen molar-refractivity contribution in [1.82, 2.24) is 4.98 Å². The van der Waals surface area contributed by atoms with Crippen LogP contribution in [0, 0.1) is 0 Å². The summed E-state index contributed by atoms with van der Waals surface area (Å²) in [6, 6.07) is 16.7. The first kappa shape index (κ1) is 22.6. The molecule has 0 spiro atoms. The maximum atomic E-state index is 12.5. The van der Waals surface area contributed by atoms with Crippen LogP contribution in [-0.2, 0) is 16.0 Å². The number of primary amides is 1. The van der Waals surface area contributed by atoms with E-state index in [4.69, 9.17) is 10.5 Å². The van der Waals surface area contributed by atoms with E-state index in [-0.39, 0.29) is 17.5 Å². The second-order valence-corrected chi connectivity index (χ2v) is 7.16. The lowest BCUT2D eigenvalue weighted by Crippen LogP contribution is -2.23. The number of hydrogen-bond acceptors (Lipinski definition) is 6. The van der Waals surface area contributed by atoms with Crippen molar-refractivity contribution in [2.75, 3.05) is 13.7 Å². The van der Waals surface area contributed by atoms with E-state index in [9.17, 15) is 19.5 Å². The number of nitrogens with two attached hydrogens (primary N) is 1. The van der Waals surface area contributed by atoms with Gasteiger partial charge in [-0.1, -0.05) is 42.5 Å². The normalized spacial score (nSPS) is 11.5. The Morgan fingerprint density at radius 1 is 1.09 bits per heavy atom. The number of hydrogen-bond donors (Lipinski definition) is 3. The Labute approximate surface area is 184 Å². The summed E-state index contributed by atoms with van der Waals surface area (Å²) in [5, 5.41) is 10.6. The Bertz CT molecular complexity index is 1140. The summed E-state index contributed by atoms with van der Waals surface area (Å²) in [4.78, 5) is 38.5. The fraction of sp³-hybridized carbons (Fsp3) is 0.208. The van der Waals surface area contributed by atoms with Gasteiger partial charge in [0.05, 0.1) is 19.3 Å². The van der Waals surface area contributed by atoms with Crippen molar-refractivity contribution in [3.8, 4) is 11.5 Å². The molecule has 0 saturated carbocycles. The summed E-state index contributed by atoms with van der Waals surface area (Å²) < 4.78 is 10.4. The topological polar surface area (TPSA) is 132 Å². The van der Waals surface area contributed by atoms with Gasteiger partial charge in [0.1, 0.15) is 17.1 Å². The Morgan fingerprint density at radius 2 is 1.78 bits per heavy atom. The van der Waals surface area contributed by atoms with E-state index >= 15 is 0 Å². The van der Waals surface area contributed by atoms with Gasteiger partial charge in [-0.25, -0.2) is 4.79 Å². The molecule has 3 aromatic rings. The van der Waals surface area contributed by atoms with Crippen LogP contribution in [0.15, 0.2) is 65.6 Å². The van der Waals surface area contributed by atoms with Crippen molar-refractivity contribution < 1.29 is 24.2 Å². The molecule has 166 valence electrons. The fourth-order valence-corrected chi connectivity index (χ4v) is 3.44. The summed E-state index contributed by atoms with van der Waals surface area (Å²) in [5.74, 6) is -2.28. The number of aromatic amines is 1. The zero-order valence-electron chi connectivity index (χ0n) is 17.5. The molecule has 1 aromatic heterocycles. The van der Waals surface area contributed by atoms with Crippen LogP contribution in [-0.4, -0.2) is 35.7 Å². The maximum Gasteiger partial charge on any atom is 0.343 e. The summed E-state index contributed by atoms with van der Waals surface area (Å²) >= 11 is 0. The average Bonchev–Trinajstić information content (AvgIpc) is 2.79. The van der Waals surface area contributed by atoms with E-state index in [2.05, 4.69) is 9.72 Å². The Balaban J connectivity index is 1.85. The molecule has 0 bridgehead atoms. The molecule has 1 amide bonds. The molecular formula is C24H24N2O6. The van der Waals surface area contributed by atoms with E-state index in [1.807, 2.05) is 30.3 Å². The van der Waals surface area contributed by atoms with Gasteiger partial charge in [0.25, 0.3) is 5.56 Å². The number of H-pyrrole nitrogens is 1. The SMILES string of the molecule is COC(=O)c1c[nH]c(=O)c([C@@H](CC(N)=O)c2ccc(OCCc3ccccc3)cc2)c1O. The lowest BCUT2D eigenvalue weighted by Gasteiger charge is -2.18. The first-order valence-electron chi connectivity index (χ1n) is 9.98. The van der Waals surface area contributed by atoms with Crippen molar-refractivity contribution in [3.05, 3.63) is 93.4 Å². The zero-order valence-corrected chi connectivity index (χ0v) is 17.5. The first-order valence-corrected chi connectivity index (χ1v) is 9.98. The molecule has 0 fully saturated rings. The van der Waals surface area contributed by atoms with E-state index < -0.39 is 29.1 Å². The summed E-state index contributed by atoms with van der Waals surface area (Å²) in [6.07, 6.45) is 1.57. The molecule has 8 heteroatoms. The predicted octanol–water partition coefficient (Wildman–Crippen LogP) is 2.50. The minimum atomic E-state index is -0.862. The number of esters is 1. The van der Waals surface area contributed by atoms with Crippen LogP contribution in [0.2, 0.25) is 0 Å². The third kappa shape index (κ3) is 5.34. The second-order valence-electron chi connectivity index (χ2n) is 7.16. The molecule has 0 unspecified atom stereocenters. The van der Waals surface area contributed by atoms with E-state index in [1.54, 1.807) is 24.3 Å². The van der Waals surface area contributed by atoms with Crippen molar-refractivity contribution in [3.63, 3.8) is 0 Å². The number of methoxy groups -OCH3 is 1. The lowest BCUT2D eigenvalue weighted by atomic mass is 9.87. The molecule has 0 radical (unpaired) electrons. The number of pyridine rings is 1. The predicted molar refractivity (Wildman–Crippen MR) is 118 cm³/mol. The monoisotopic (exact) mass is 436 g/mol. The second kappa shape index (κ2) is 10.3. The average molecular weight is 436 g/mol. The van der Waals surface area contributed by atoms with Gasteiger partial charge in [0, 0.05) is 25.0 Å². The molecule has 1 heterocycles. The van der Waals surface area contributed by atoms with E-state index in [1.165, 1.54) is 0 Å². The van der Waals surface area contributed by atoms with Crippen LogP contribution in [0.25, 0.3) is 0 Å². The number of aromatic hydroxyl groups is 1. The zero-order chi connectivity index (χ0) is 23.1.